The number of carbonyl (C=O) groups excluding carboxylic acids is 1. The molecule has 0 fully saturated rings. The summed E-state index contributed by atoms with van der Waals surface area (Å²) in [4.78, 5) is 22.8. The molecule has 2 N–H and O–H groups in total. The van der Waals surface area contributed by atoms with Gasteiger partial charge in [0.05, 0.1) is 24.1 Å². The zero-order valence-corrected chi connectivity index (χ0v) is 19.2. The first-order valence-electron chi connectivity index (χ1n) is 10.6. The summed E-state index contributed by atoms with van der Waals surface area (Å²) in [6.45, 7) is 1.84. The highest BCUT2D eigenvalue weighted by Crippen LogP contribution is 2.36. The van der Waals surface area contributed by atoms with E-state index in [-0.39, 0.29) is 5.91 Å². The van der Waals surface area contributed by atoms with Crippen LogP contribution in [0.2, 0.25) is 5.02 Å². The average Bonchev–Trinajstić information content (AvgIpc) is 3.27. The number of methoxy groups -OCH3 is 1. The molecule has 34 heavy (non-hydrogen) atoms. The van der Waals surface area contributed by atoms with Crippen LogP contribution < -0.4 is 15.4 Å². The lowest BCUT2D eigenvalue weighted by molar-refractivity contribution is -0.113. The van der Waals surface area contributed by atoms with Crippen molar-refractivity contribution in [2.45, 2.75) is 13.0 Å². The van der Waals surface area contributed by atoms with Crippen molar-refractivity contribution in [3.63, 3.8) is 0 Å². The maximum absolute atomic E-state index is 13.6. The van der Waals surface area contributed by atoms with Crippen LogP contribution in [0.1, 0.15) is 18.7 Å². The second kappa shape index (κ2) is 8.99. The Morgan fingerprint density at radius 3 is 2.71 bits per heavy atom. The second-order valence-corrected chi connectivity index (χ2v) is 8.13. The van der Waals surface area contributed by atoms with Gasteiger partial charge in [0.1, 0.15) is 11.8 Å². The maximum Gasteiger partial charge on any atom is 0.256 e. The Morgan fingerprint density at radius 1 is 1.12 bits per heavy atom. The van der Waals surface area contributed by atoms with Gasteiger partial charge >= 0.3 is 0 Å². The van der Waals surface area contributed by atoms with Crippen molar-refractivity contribution in [1.82, 2.24) is 19.7 Å². The number of anilines is 2. The Kier molecular flexibility index (Phi) is 5.73. The second-order valence-electron chi connectivity index (χ2n) is 7.69. The molecule has 1 unspecified atom stereocenters. The smallest absolute Gasteiger partial charge is 0.256 e. The minimum Gasteiger partial charge on any atom is -0.495 e. The fraction of sp³-hybridized carbons (Fsp3) is 0.120. The molecule has 1 aliphatic rings. The summed E-state index contributed by atoms with van der Waals surface area (Å²) < 4.78 is 7.08. The highest BCUT2D eigenvalue weighted by Gasteiger charge is 2.35. The van der Waals surface area contributed by atoms with Crippen LogP contribution in [-0.4, -0.2) is 32.8 Å². The average molecular weight is 473 g/mol. The first kappa shape index (κ1) is 21.7. The van der Waals surface area contributed by atoms with Gasteiger partial charge in [0, 0.05) is 22.5 Å². The first-order chi connectivity index (χ1) is 16.5. The summed E-state index contributed by atoms with van der Waals surface area (Å²) in [5, 5.41) is 11.5. The summed E-state index contributed by atoms with van der Waals surface area (Å²) in [5.74, 6) is 1.27. The topological polar surface area (TPSA) is 94.0 Å². The van der Waals surface area contributed by atoms with E-state index in [1.807, 2.05) is 49.4 Å². The van der Waals surface area contributed by atoms with Crippen molar-refractivity contribution in [3.8, 4) is 17.1 Å². The number of hydrogen-bond donors (Lipinski definition) is 2. The van der Waals surface area contributed by atoms with Crippen LogP contribution in [0.5, 0.6) is 5.75 Å². The number of nitrogens with zero attached hydrogens (tertiary/aromatic N) is 4. The number of halogens is 1. The van der Waals surface area contributed by atoms with E-state index in [2.05, 4.69) is 20.6 Å². The summed E-state index contributed by atoms with van der Waals surface area (Å²) >= 11 is 6.18. The highest BCUT2D eigenvalue weighted by atomic mass is 35.5. The summed E-state index contributed by atoms with van der Waals surface area (Å²) in [6.07, 6.45) is 1.69. The number of benzene rings is 2. The predicted molar refractivity (Wildman–Crippen MR) is 131 cm³/mol. The van der Waals surface area contributed by atoms with Gasteiger partial charge in [-0.1, -0.05) is 41.9 Å². The molecule has 1 amide bonds. The van der Waals surface area contributed by atoms with Crippen molar-refractivity contribution in [2.24, 2.45) is 0 Å². The summed E-state index contributed by atoms with van der Waals surface area (Å²) in [5.41, 5.74) is 3.13. The van der Waals surface area contributed by atoms with Crippen molar-refractivity contribution < 1.29 is 9.53 Å². The normalized spacial score (nSPS) is 14.9. The molecular formula is C25H21ClN6O2. The molecule has 0 saturated carbocycles. The summed E-state index contributed by atoms with van der Waals surface area (Å²) in [6, 6.07) is 19.6. The Balaban J connectivity index is 1.59. The van der Waals surface area contributed by atoms with Gasteiger partial charge in [-0.15, -0.1) is 5.10 Å². The third-order valence-electron chi connectivity index (χ3n) is 5.50. The van der Waals surface area contributed by atoms with Gasteiger partial charge in [-0.3, -0.25) is 9.78 Å². The first-order valence-corrected chi connectivity index (χ1v) is 11.0. The van der Waals surface area contributed by atoms with Crippen LogP contribution >= 0.6 is 11.6 Å². The van der Waals surface area contributed by atoms with E-state index in [9.17, 15) is 4.79 Å². The molecule has 0 spiro atoms. The van der Waals surface area contributed by atoms with Gasteiger partial charge in [0.15, 0.2) is 5.82 Å². The van der Waals surface area contributed by atoms with E-state index in [0.717, 1.165) is 5.56 Å². The molecule has 2 aromatic heterocycles. The van der Waals surface area contributed by atoms with Gasteiger partial charge in [-0.05, 0) is 43.3 Å². The molecule has 9 heteroatoms. The molecule has 2 aromatic carbocycles. The van der Waals surface area contributed by atoms with Crippen LogP contribution in [-0.2, 0) is 4.79 Å². The van der Waals surface area contributed by atoms with Gasteiger partial charge in [-0.2, -0.15) is 4.98 Å². The van der Waals surface area contributed by atoms with Crippen LogP contribution in [0.25, 0.3) is 11.4 Å². The molecule has 170 valence electrons. The molecule has 1 atom stereocenters. The third-order valence-corrected chi connectivity index (χ3v) is 5.74. The molecule has 5 rings (SSSR count). The number of nitrogens with one attached hydrogen (secondary N) is 2. The predicted octanol–water partition coefficient (Wildman–Crippen LogP) is 4.93. The van der Waals surface area contributed by atoms with Crippen LogP contribution in [0.15, 0.2) is 84.2 Å². The van der Waals surface area contributed by atoms with Crippen molar-refractivity contribution >= 4 is 29.1 Å². The van der Waals surface area contributed by atoms with E-state index in [1.165, 1.54) is 0 Å². The van der Waals surface area contributed by atoms with Gasteiger partial charge in [0.2, 0.25) is 5.95 Å². The lowest BCUT2D eigenvalue weighted by atomic mass is 9.98. The number of hydrogen-bond acceptors (Lipinski definition) is 6. The number of amides is 1. The molecule has 0 saturated heterocycles. The quantitative estimate of drug-likeness (QED) is 0.427. The van der Waals surface area contributed by atoms with Crippen molar-refractivity contribution in [3.05, 3.63) is 94.9 Å². The lowest BCUT2D eigenvalue weighted by Gasteiger charge is -2.28. The fourth-order valence-corrected chi connectivity index (χ4v) is 4.13. The summed E-state index contributed by atoms with van der Waals surface area (Å²) in [7, 11) is 1.56. The number of carbonyl (C=O) groups is 1. The monoisotopic (exact) mass is 472 g/mol. The van der Waals surface area contributed by atoms with E-state index in [0.29, 0.717) is 45.2 Å². The van der Waals surface area contributed by atoms with Gasteiger partial charge < -0.3 is 15.4 Å². The molecule has 4 aromatic rings. The number of aromatic nitrogens is 4. The minimum atomic E-state index is -0.590. The largest absolute Gasteiger partial charge is 0.495 e. The van der Waals surface area contributed by atoms with Crippen molar-refractivity contribution in [2.75, 3.05) is 17.7 Å². The molecule has 0 bridgehead atoms. The van der Waals surface area contributed by atoms with Crippen molar-refractivity contribution in [1.29, 1.82) is 0 Å². The Labute approximate surface area is 201 Å². The number of ether oxygens (including phenoxy) is 1. The number of para-hydroxylation sites is 2. The molecule has 0 aliphatic carbocycles. The highest BCUT2D eigenvalue weighted by molar-refractivity contribution is 6.30. The van der Waals surface area contributed by atoms with Crippen LogP contribution in [0.3, 0.4) is 0 Å². The molecule has 1 aliphatic heterocycles. The van der Waals surface area contributed by atoms with E-state index in [4.69, 9.17) is 21.4 Å². The number of allylic oxidation sites excluding steroid dienone is 1. The lowest BCUT2D eigenvalue weighted by Crippen LogP contribution is -2.32. The zero-order chi connectivity index (χ0) is 23.7. The number of rotatable bonds is 5. The van der Waals surface area contributed by atoms with E-state index < -0.39 is 6.04 Å². The Morgan fingerprint density at radius 2 is 1.94 bits per heavy atom. The maximum atomic E-state index is 13.6. The number of fused-ring (bicyclic) bond motifs is 1. The number of pyridine rings is 1. The minimum absolute atomic E-state index is 0.296. The van der Waals surface area contributed by atoms with E-state index in [1.54, 1.807) is 42.3 Å². The fourth-order valence-electron chi connectivity index (χ4n) is 3.94. The molecule has 0 radical (unpaired) electrons. The zero-order valence-electron chi connectivity index (χ0n) is 18.5. The Hall–Kier alpha value is -4.17. The third kappa shape index (κ3) is 3.99. The SMILES string of the molecule is COc1ccccc1NC(=O)C1=C(C)Nc2nc(-c3cccc(Cl)c3)nn2C1c1ccccn1. The van der Waals surface area contributed by atoms with E-state index >= 15 is 0 Å². The Bertz CT molecular complexity index is 1400. The molecule has 3 heterocycles. The molecule has 8 nitrogen and oxygen atoms in total. The van der Waals surface area contributed by atoms with Crippen LogP contribution in [0.4, 0.5) is 11.6 Å². The van der Waals surface area contributed by atoms with Gasteiger partial charge in [-0.25, -0.2) is 4.68 Å². The van der Waals surface area contributed by atoms with Crippen LogP contribution in [0, 0.1) is 0 Å². The van der Waals surface area contributed by atoms with Gasteiger partial charge in [0.25, 0.3) is 5.91 Å². The molecular weight excluding hydrogens is 452 g/mol. The standard InChI is InChI=1S/C25H21ClN6O2/c1-15-21(24(33)29-18-10-3-4-12-20(18)34-2)22(19-11-5-6-13-27-19)32-25(28-15)30-23(31-32)16-8-7-9-17(26)14-16/h3-14,22H,1-2H3,(H,29,33)(H,28,30,31).